The van der Waals surface area contributed by atoms with Crippen molar-refractivity contribution in [2.24, 2.45) is 0 Å². The number of nitrogens with one attached hydrogen (secondary N) is 1. The summed E-state index contributed by atoms with van der Waals surface area (Å²) in [7, 11) is 0. The zero-order valence-corrected chi connectivity index (χ0v) is 12.5. The fourth-order valence-corrected chi connectivity index (χ4v) is 2.58. The van der Waals surface area contributed by atoms with E-state index in [9.17, 15) is 0 Å². The van der Waals surface area contributed by atoms with E-state index in [1.807, 2.05) is 6.08 Å². The Morgan fingerprint density at radius 2 is 2.11 bits per heavy atom. The lowest BCUT2D eigenvalue weighted by molar-refractivity contribution is 0.145. The Labute approximate surface area is 117 Å². The highest BCUT2D eigenvalue weighted by Gasteiger charge is 2.20. The van der Waals surface area contributed by atoms with Gasteiger partial charge in [0.15, 0.2) is 0 Å². The van der Waals surface area contributed by atoms with E-state index < -0.39 is 0 Å². The summed E-state index contributed by atoms with van der Waals surface area (Å²) in [5, 5.41) is 3.45. The Hall–Kier alpha value is -1.12. The van der Waals surface area contributed by atoms with Gasteiger partial charge in [-0.25, -0.2) is 0 Å². The molecule has 0 saturated heterocycles. The van der Waals surface area contributed by atoms with Crippen LogP contribution < -0.4 is 5.32 Å². The average Bonchev–Trinajstić information content (AvgIpc) is 2.37. The van der Waals surface area contributed by atoms with Gasteiger partial charge in [-0.15, -0.1) is 6.58 Å². The summed E-state index contributed by atoms with van der Waals surface area (Å²) < 4.78 is 0. The van der Waals surface area contributed by atoms with Crippen molar-refractivity contribution in [1.82, 2.24) is 10.2 Å². The van der Waals surface area contributed by atoms with E-state index in [4.69, 9.17) is 0 Å². The number of fused-ring (bicyclic) bond motifs is 1. The molecule has 0 fully saturated rings. The quantitative estimate of drug-likeness (QED) is 0.835. The zero-order valence-electron chi connectivity index (χ0n) is 12.5. The summed E-state index contributed by atoms with van der Waals surface area (Å²) in [6, 6.07) is 6.95. The normalized spacial score (nSPS) is 15.4. The molecule has 0 atom stereocenters. The van der Waals surface area contributed by atoms with Gasteiger partial charge in [0, 0.05) is 25.2 Å². The number of hydrogen-bond donors (Lipinski definition) is 1. The molecule has 2 heteroatoms. The molecule has 2 nitrogen and oxygen atoms in total. The number of rotatable bonds is 4. The molecule has 1 heterocycles. The summed E-state index contributed by atoms with van der Waals surface area (Å²) in [6.45, 7) is 14.7. The Bertz CT molecular complexity index is 443. The van der Waals surface area contributed by atoms with Crippen molar-refractivity contribution in [1.29, 1.82) is 0 Å². The Kier molecular flexibility index (Phi) is 4.43. The standard InChI is InChI=1S/C17H26N2/c1-5-10-19(17(2,3)4)13-14-6-7-15-8-9-18-12-16(15)11-14/h5-7,11,18H,1,8-10,12-13H2,2-4H3. The topological polar surface area (TPSA) is 15.3 Å². The minimum absolute atomic E-state index is 0.169. The first-order valence-electron chi connectivity index (χ1n) is 7.18. The van der Waals surface area contributed by atoms with E-state index in [1.165, 1.54) is 16.7 Å². The van der Waals surface area contributed by atoms with Crippen LogP contribution in [0.1, 0.15) is 37.5 Å². The summed E-state index contributed by atoms with van der Waals surface area (Å²) in [4.78, 5) is 2.46. The Balaban J connectivity index is 2.15. The van der Waals surface area contributed by atoms with Gasteiger partial charge in [0.25, 0.3) is 0 Å². The van der Waals surface area contributed by atoms with Crippen LogP contribution in [0, 0.1) is 0 Å². The molecular weight excluding hydrogens is 232 g/mol. The van der Waals surface area contributed by atoms with Gasteiger partial charge in [0.2, 0.25) is 0 Å². The van der Waals surface area contributed by atoms with Crippen LogP contribution in [0.2, 0.25) is 0 Å². The van der Waals surface area contributed by atoms with Gasteiger partial charge in [-0.1, -0.05) is 24.3 Å². The molecule has 1 N–H and O–H groups in total. The highest BCUT2D eigenvalue weighted by Crippen LogP contribution is 2.20. The Morgan fingerprint density at radius 3 is 2.79 bits per heavy atom. The Morgan fingerprint density at radius 1 is 1.32 bits per heavy atom. The second kappa shape index (κ2) is 5.89. The molecule has 0 saturated carbocycles. The fraction of sp³-hybridized carbons (Fsp3) is 0.529. The number of benzene rings is 1. The predicted octanol–water partition coefficient (Wildman–Crippen LogP) is 3.12. The molecule has 0 aliphatic carbocycles. The van der Waals surface area contributed by atoms with Crippen LogP contribution in [-0.4, -0.2) is 23.5 Å². The van der Waals surface area contributed by atoms with Crippen LogP contribution in [-0.2, 0) is 19.5 Å². The minimum Gasteiger partial charge on any atom is -0.312 e. The molecule has 1 aliphatic rings. The van der Waals surface area contributed by atoms with Crippen LogP contribution in [0.4, 0.5) is 0 Å². The first-order chi connectivity index (χ1) is 9.00. The molecule has 0 spiro atoms. The van der Waals surface area contributed by atoms with E-state index in [-0.39, 0.29) is 5.54 Å². The summed E-state index contributed by atoms with van der Waals surface area (Å²) in [5.74, 6) is 0. The zero-order chi connectivity index (χ0) is 13.9. The second-order valence-electron chi connectivity index (χ2n) is 6.37. The van der Waals surface area contributed by atoms with Crippen molar-refractivity contribution < 1.29 is 0 Å². The van der Waals surface area contributed by atoms with Crippen LogP contribution in [0.5, 0.6) is 0 Å². The highest BCUT2D eigenvalue weighted by molar-refractivity contribution is 5.33. The van der Waals surface area contributed by atoms with Gasteiger partial charge in [-0.3, -0.25) is 4.90 Å². The van der Waals surface area contributed by atoms with Gasteiger partial charge in [-0.2, -0.15) is 0 Å². The maximum absolute atomic E-state index is 3.87. The molecule has 1 aliphatic heterocycles. The molecule has 2 rings (SSSR count). The van der Waals surface area contributed by atoms with E-state index in [2.05, 4.69) is 55.8 Å². The van der Waals surface area contributed by atoms with E-state index in [0.29, 0.717) is 0 Å². The lowest BCUT2D eigenvalue weighted by atomic mass is 9.97. The summed E-state index contributed by atoms with van der Waals surface area (Å²) in [5.41, 5.74) is 4.55. The predicted molar refractivity (Wildman–Crippen MR) is 82.2 cm³/mol. The molecule has 0 bridgehead atoms. The SMILES string of the molecule is C=CCN(Cc1ccc2c(c1)CNCC2)C(C)(C)C. The maximum atomic E-state index is 3.87. The van der Waals surface area contributed by atoms with Crippen LogP contribution in [0.3, 0.4) is 0 Å². The lowest BCUT2D eigenvalue weighted by Gasteiger charge is -2.35. The van der Waals surface area contributed by atoms with Crippen molar-refractivity contribution in [3.8, 4) is 0 Å². The van der Waals surface area contributed by atoms with Crippen molar-refractivity contribution in [3.63, 3.8) is 0 Å². The summed E-state index contributed by atoms with van der Waals surface area (Å²) in [6.07, 6.45) is 3.15. The van der Waals surface area contributed by atoms with Gasteiger partial charge in [0.05, 0.1) is 0 Å². The van der Waals surface area contributed by atoms with Crippen molar-refractivity contribution in [2.75, 3.05) is 13.1 Å². The molecule has 0 unspecified atom stereocenters. The fourth-order valence-electron chi connectivity index (χ4n) is 2.58. The average molecular weight is 258 g/mol. The lowest BCUT2D eigenvalue weighted by Crippen LogP contribution is -2.40. The van der Waals surface area contributed by atoms with E-state index in [1.54, 1.807) is 0 Å². The highest BCUT2D eigenvalue weighted by atomic mass is 15.2. The van der Waals surface area contributed by atoms with Crippen molar-refractivity contribution in [3.05, 3.63) is 47.5 Å². The molecular formula is C17H26N2. The monoisotopic (exact) mass is 258 g/mol. The number of hydrogen-bond acceptors (Lipinski definition) is 2. The van der Waals surface area contributed by atoms with Gasteiger partial charge in [0.1, 0.15) is 0 Å². The number of nitrogens with zero attached hydrogens (tertiary/aromatic N) is 1. The second-order valence-corrected chi connectivity index (χ2v) is 6.37. The molecule has 0 amide bonds. The van der Waals surface area contributed by atoms with Crippen LogP contribution >= 0.6 is 0 Å². The first-order valence-corrected chi connectivity index (χ1v) is 7.18. The molecule has 1 aromatic carbocycles. The molecule has 0 aromatic heterocycles. The third kappa shape index (κ3) is 3.68. The third-order valence-electron chi connectivity index (χ3n) is 3.83. The molecule has 0 radical (unpaired) electrons. The van der Waals surface area contributed by atoms with E-state index in [0.717, 1.165) is 32.6 Å². The summed E-state index contributed by atoms with van der Waals surface area (Å²) >= 11 is 0. The first kappa shape index (κ1) is 14.3. The van der Waals surface area contributed by atoms with E-state index >= 15 is 0 Å². The largest absolute Gasteiger partial charge is 0.312 e. The van der Waals surface area contributed by atoms with Crippen molar-refractivity contribution >= 4 is 0 Å². The third-order valence-corrected chi connectivity index (χ3v) is 3.83. The molecule has 19 heavy (non-hydrogen) atoms. The van der Waals surface area contributed by atoms with Gasteiger partial charge < -0.3 is 5.32 Å². The van der Waals surface area contributed by atoms with Gasteiger partial charge in [-0.05, 0) is 50.4 Å². The van der Waals surface area contributed by atoms with Crippen LogP contribution in [0.25, 0.3) is 0 Å². The smallest absolute Gasteiger partial charge is 0.0242 e. The van der Waals surface area contributed by atoms with Gasteiger partial charge >= 0.3 is 0 Å². The minimum atomic E-state index is 0.169. The maximum Gasteiger partial charge on any atom is 0.0242 e. The molecule has 1 aromatic rings. The van der Waals surface area contributed by atoms with Crippen molar-refractivity contribution in [2.45, 2.75) is 45.8 Å². The van der Waals surface area contributed by atoms with Crippen LogP contribution in [0.15, 0.2) is 30.9 Å². The molecule has 104 valence electrons.